The first kappa shape index (κ1) is 17.4. The van der Waals surface area contributed by atoms with Crippen molar-refractivity contribution in [3.05, 3.63) is 34.9 Å². The first-order valence-electron chi connectivity index (χ1n) is 6.85. The van der Waals surface area contributed by atoms with Gasteiger partial charge in [0.05, 0.1) is 12.7 Å². The summed E-state index contributed by atoms with van der Waals surface area (Å²) in [6.45, 7) is 1.89. The summed E-state index contributed by atoms with van der Waals surface area (Å²) in [5.74, 6) is 0. The Hall–Kier alpha value is -0.650. The fourth-order valence-corrected chi connectivity index (χ4v) is 2.34. The summed E-state index contributed by atoms with van der Waals surface area (Å²) in [6.07, 6.45) is 0.530. The molecule has 20 heavy (non-hydrogen) atoms. The van der Waals surface area contributed by atoms with E-state index in [1.807, 2.05) is 38.4 Å². The van der Waals surface area contributed by atoms with Gasteiger partial charge in [-0.2, -0.15) is 0 Å². The number of ether oxygens (including phenoxy) is 1. The van der Waals surface area contributed by atoms with Gasteiger partial charge in [0.1, 0.15) is 0 Å². The third-order valence-corrected chi connectivity index (χ3v) is 3.55. The lowest BCUT2D eigenvalue weighted by Crippen LogP contribution is -2.34. The van der Waals surface area contributed by atoms with Gasteiger partial charge < -0.3 is 20.1 Å². The van der Waals surface area contributed by atoms with Crippen molar-refractivity contribution in [3.8, 4) is 0 Å². The Balaban J connectivity index is 2.43. The van der Waals surface area contributed by atoms with Crippen molar-refractivity contribution < 1.29 is 9.84 Å². The van der Waals surface area contributed by atoms with Gasteiger partial charge >= 0.3 is 0 Å². The van der Waals surface area contributed by atoms with Crippen LogP contribution in [0.2, 0.25) is 5.02 Å². The standard InChI is InChI=1S/C15H25ClN2O2/c1-17-15(12-4-6-13(16)7-5-12)8-9-18(2)10-14(19)11-20-3/h4-7,14-15,17,19H,8-11H2,1-3H3. The van der Waals surface area contributed by atoms with E-state index in [0.717, 1.165) is 18.0 Å². The number of rotatable bonds is 9. The van der Waals surface area contributed by atoms with E-state index in [-0.39, 0.29) is 6.04 Å². The highest BCUT2D eigenvalue weighted by molar-refractivity contribution is 6.30. The van der Waals surface area contributed by atoms with Crippen LogP contribution in [0.4, 0.5) is 0 Å². The number of aliphatic hydroxyl groups is 1. The normalized spacial score (nSPS) is 14.5. The molecule has 114 valence electrons. The number of hydrogen-bond acceptors (Lipinski definition) is 4. The molecule has 0 radical (unpaired) electrons. The van der Waals surface area contributed by atoms with E-state index in [0.29, 0.717) is 13.2 Å². The maximum atomic E-state index is 9.69. The average Bonchev–Trinajstić information content (AvgIpc) is 2.41. The lowest BCUT2D eigenvalue weighted by Gasteiger charge is -2.23. The minimum absolute atomic E-state index is 0.286. The van der Waals surface area contributed by atoms with Gasteiger partial charge in [0.25, 0.3) is 0 Å². The van der Waals surface area contributed by atoms with Crippen LogP contribution in [0.1, 0.15) is 18.0 Å². The van der Waals surface area contributed by atoms with Gasteiger partial charge in [0.15, 0.2) is 0 Å². The molecule has 0 aliphatic carbocycles. The fraction of sp³-hybridized carbons (Fsp3) is 0.600. The number of nitrogens with zero attached hydrogens (tertiary/aromatic N) is 1. The van der Waals surface area contributed by atoms with Gasteiger partial charge in [-0.25, -0.2) is 0 Å². The average molecular weight is 301 g/mol. The molecule has 0 heterocycles. The van der Waals surface area contributed by atoms with Crippen molar-refractivity contribution in [2.45, 2.75) is 18.6 Å². The van der Waals surface area contributed by atoms with Crippen molar-refractivity contribution in [3.63, 3.8) is 0 Å². The second kappa shape index (κ2) is 9.32. The van der Waals surface area contributed by atoms with Gasteiger partial charge in [-0.3, -0.25) is 0 Å². The summed E-state index contributed by atoms with van der Waals surface area (Å²) in [6, 6.07) is 8.20. The van der Waals surface area contributed by atoms with E-state index >= 15 is 0 Å². The Morgan fingerprint density at radius 2 is 2.00 bits per heavy atom. The highest BCUT2D eigenvalue weighted by Gasteiger charge is 2.12. The lowest BCUT2D eigenvalue weighted by molar-refractivity contribution is 0.0426. The molecule has 0 saturated heterocycles. The SMILES string of the molecule is CNC(CCN(C)CC(O)COC)c1ccc(Cl)cc1. The summed E-state index contributed by atoms with van der Waals surface area (Å²) in [5, 5.41) is 13.8. The summed E-state index contributed by atoms with van der Waals surface area (Å²) < 4.78 is 4.93. The Morgan fingerprint density at radius 3 is 2.55 bits per heavy atom. The molecule has 0 bridgehead atoms. The minimum atomic E-state index is -0.437. The van der Waals surface area contributed by atoms with Crippen molar-refractivity contribution in [2.75, 3.05) is 40.9 Å². The van der Waals surface area contributed by atoms with E-state index in [4.69, 9.17) is 16.3 Å². The molecule has 2 unspecified atom stereocenters. The quantitative estimate of drug-likeness (QED) is 0.731. The Kier molecular flexibility index (Phi) is 8.11. The highest BCUT2D eigenvalue weighted by atomic mass is 35.5. The van der Waals surface area contributed by atoms with Crippen molar-refractivity contribution in [1.29, 1.82) is 0 Å². The van der Waals surface area contributed by atoms with Crippen LogP contribution in [0.25, 0.3) is 0 Å². The molecular weight excluding hydrogens is 276 g/mol. The maximum absolute atomic E-state index is 9.69. The molecule has 0 amide bonds. The van der Waals surface area contributed by atoms with Crippen LogP contribution in [-0.4, -0.2) is 57.0 Å². The van der Waals surface area contributed by atoms with Crippen LogP contribution >= 0.6 is 11.6 Å². The number of aliphatic hydroxyl groups excluding tert-OH is 1. The third kappa shape index (κ3) is 6.20. The number of likely N-dealkylation sites (N-methyl/N-ethyl adjacent to an activating group) is 1. The highest BCUT2D eigenvalue weighted by Crippen LogP contribution is 2.19. The molecule has 1 rings (SSSR count). The predicted molar refractivity (Wildman–Crippen MR) is 83.2 cm³/mol. The Morgan fingerprint density at radius 1 is 1.35 bits per heavy atom. The van der Waals surface area contributed by atoms with E-state index in [1.54, 1.807) is 7.11 Å². The number of halogens is 1. The zero-order valence-electron chi connectivity index (χ0n) is 12.5. The first-order valence-corrected chi connectivity index (χ1v) is 7.23. The first-order chi connectivity index (χ1) is 9.56. The minimum Gasteiger partial charge on any atom is -0.389 e. The van der Waals surface area contributed by atoms with Crippen LogP contribution in [0.15, 0.2) is 24.3 Å². The maximum Gasteiger partial charge on any atom is 0.0899 e. The Bertz CT molecular complexity index is 373. The third-order valence-electron chi connectivity index (χ3n) is 3.30. The molecule has 0 aromatic heterocycles. The van der Waals surface area contributed by atoms with Crippen molar-refractivity contribution in [2.24, 2.45) is 0 Å². The molecule has 5 heteroatoms. The molecule has 0 aliphatic heterocycles. The van der Waals surface area contributed by atoms with Crippen LogP contribution in [0.3, 0.4) is 0 Å². The summed E-state index contributed by atoms with van der Waals surface area (Å²) in [4.78, 5) is 2.12. The number of benzene rings is 1. The van der Waals surface area contributed by atoms with Crippen molar-refractivity contribution >= 4 is 11.6 Å². The summed E-state index contributed by atoms with van der Waals surface area (Å²) in [7, 11) is 5.56. The second-order valence-corrected chi connectivity index (χ2v) is 5.49. The fourth-order valence-electron chi connectivity index (χ4n) is 2.22. The summed E-state index contributed by atoms with van der Waals surface area (Å²) >= 11 is 5.91. The largest absolute Gasteiger partial charge is 0.389 e. The van der Waals surface area contributed by atoms with Gasteiger partial charge in [0.2, 0.25) is 0 Å². The zero-order chi connectivity index (χ0) is 15.0. The van der Waals surface area contributed by atoms with Gasteiger partial charge in [0, 0.05) is 24.7 Å². The molecule has 0 fully saturated rings. The molecule has 1 aromatic rings. The monoisotopic (exact) mass is 300 g/mol. The van der Waals surface area contributed by atoms with Crippen LogP contribution in [0, 0.1) is 0 Å². The van der Waals surface area contributed by atoms with E-state index < -0.39 is 6.10 Å². The molecule has 2 N–H and O–H groups in total. The summed E-state index contributed by atoms with van der Waals surface area (Å²) in [5.41, 5.74) is 1.22. The van der Waals surface area contributed by atoms with Crippen molar-refractivity contribution in [1.82, 2.24) is 10.2 Å². The van der Waals surface area contributed by atoms with Gasteiger partial charge in [-0.1, -0.05) is 23.7 Å². The van der Waals surface area contributed by atoms with Crippen LogP contribution in [-0.2, 0) is 4.74 Å². The van der Waals surface area contributed by atoms with E-state index in [1.165, 1.54) is 5.56 Å². The molecule has 1 aromatic carbocycles. The predicted octanol–water partition coefficient (Wildman–Crippen LogP) is 1.93. The Labute approximate surface area is 126 Å². The molecule has 4 nitrogen and oxygen atoms in total. The van der Waals surface area contributed by atoms with E-state index in [2.05, 4.69) is 10.2 Å². The van der Waals surface area contributed by atoms with Crippen LogP contribution in [0.5, 0.6) is 0 Å². The number of nitrogens with one attached hydrogen (secondary N) is 1. The molecule has 0 aliphatic rings. The second-order valence-electron chi connectivity index (χ2n) is 5.05. The lowest BCUT2D eigenvalue weighted by atomic mass is 10.0. The topological polar surface area (TPSA) is 44.7 Å². The molecule has 0 spiro atoms. The molecule has 2 atom stereocenters. The van der Waals surface area contributed by atoms with Gasteiger partial charge in [-0.15, -0.1) is 0 Å². The van der Waals surface area contributed by atoms with E-state index in [9.17, 15) is 5.11 Å². The smallest absolute Gasteiger partial charge is 0.0899 e. The number of hydrogen-bond donors (Lipinski definition) is 2. The molecule has 0 saturated carbocycles. The number of methoxy groups -OCH3 is 1. The zero-order valence-corrected chi connectivity index (χ0v) is 13.2. The van der Waals surface area contributed by atoms with Gasteiger partial charge in [-0.05, 0) is 44.8 Å². The van der Waals surface area contributed by atoms with Crippen LogP contribution < -0.4 is 5.32 Å². The molecular formula is C15H25ClN2O2.